The van der Waals surface area contributed by atoms with Crippen LogP contribution in [0.3, 0.4) is 0 Å². The van der Waals surface area contributed by atoms with Crippen LogP contribution in [0.2, 0.25) is 0 Å². The number of sulfonamides is 1. The highest BCUT2D eigenvalue weighted by atomic mass is 32.2. The zero-order valence-corrected chi connectivity index (χ0v) is 26.2. The molecule has 3 aromatic rings. The number of amides is 2. The van der Waals surface area contributed by atoms with E-state index >= 15 is 0 Å². The van der Waals surface area contributed by atoms with Gasteiger partial charge in [0.15, 0.2) is 0 Å². The zero-order chi connectivity index (χ0) is 31.1. The van der Waals surface area contributed by atoms with Gasteiger partial charge in [0.2, 0.25) is 21.8 Å². The third kappa shape index (κ3) is 9.69. The van der Waals surface area contributed by atoms with Crippen molar-refractivity contribution in [2.45, 2.75) is 72.0 Å². The van der Waals surface area contributed by atoms with Crippen molar-refractivity contribution in [1.29, 1.82) is 0 Å². The Hall–Kier alpha value is -3.72. The topological polar surface area (TPSA) is 86.8 Å². The Morgan fingerprint density at radius 1 is 0.929 bits per heavy atom. The monoisotopic (exact) mass is 595 g/mol. The fourth-order valence-electron chi connectivity index (χ4n) is 4.92. The number of hydrogen-bond acceptors (Lipinski definition) is 4. The lowest BCUT2D eigenvalue weighted by molar-refractivity contribution is -0.142. The minimum Gasteiger partial charge on any atom is -0.350 e. The van der Waals surface area contributed by atoms with Crippen molar-refractivity contribution < 1.29 is 22.4 Å². The second-order valence-electron chi connectivity index (χ2n) is 11.8. The van der Waals surface area contributed by atoms with E-state index in [1.165, 1.54) is 15.3 Å². The Balaban J connectivity index is 1.92. The Kier molecular flexibility index (Phi) is 10.9. The van der Waals surface area contributed by atoms with Crippen LogP contribution < -0.4 is 9.62 Å². The number of aryl methyl sites for hydroxylation is 2. The molecule has 2 amide bonds. The maximum atomic E-state index is 14.8. The molecule has 0 aliphatic heterocycles. The Bertz CT molecular complexity index is 1470. The highest BCUT2D eigenvalue weighted by molar-refractivity contribution is 7.92. The first-order valence-corrected chi connectivity index (χ1v) is 15.9. The van der Waals surface area contributed by atoms with E-state index in [4.69, 9.17) is 0 Å². The molecule has 3 rings (SSSR count). The number of carbonyl (C=O) groups is 2. The second-order valence-corrected chi connectivity index (χ2v) is 13.7. The summed E-state index contributed by atoms with van der Waals surface area (Å²) in [5.74, 6) is -1.18. The van der Waals surface area contributed by atoms with Gasteiger partial charge in [0.05, 0.1) is 11.9 Å². The van der Waals surface area contributed by atoms with Crippen molar-refractivity contribution in [3.63, 3.8) is 0 Å². The molecule has 0 aliphatic carbocycles. The van der Waals surface area contributed by atoms with E-state index in [2.05, 4.69) is 5.32 Å². The standard InChI is InChI=1S/C33H42FN3O4S/c1-24-19-25(2)21-28(20-24)37(42(6,40)41)18-12-17-31(38)36(23-27-15-10-11-16-29(27)34)30(32(39)35-33(3,4)5)22-26-13-8-7-9-14-26/h7-11,13-16,19-21,30H,12,17-18,22-23H2,1-6H3,(H,35,39)/t30-/m1/s1. The van der Waals surface area contributed by atoms with Crippen molar-refractivity contribution in [1.82, 2.24) is 10.2 Å². The zero-order valence-electron chi connectivity index (χ0n) is 25.4. The van der Waals surface area contributed by atoms with E-state index in [1.807, 2.05) is 71.0 Å². The first-order chi connectivity index (χ1) is 19.6. The molecule has 0 spiro atoms. The van der Waals surface area contributed by atoms with Crippen LogP contribution >= 0.6 is 0 Å². The lowest BCUT2D eigenvalue weighted by Gasteiger charge is -2.34. The van der Waals surface area contributed by atoms with Crippen LogP contribution in [0.25, 0.3) is 0 Å². The van der Waals surface area contributed by atoms with Gasteiger partial charge in [0, 0.05) is 37.0 Å². The molecule has 1 atom stereocenters. The van der Waals surface area contributed by atoms with E-state index in [0.29, 0.717) is 11.3 Å². The number of carbonyl (C=O) groups excluding carboxylic acids is 2. The van der Waals surface area contributed by atoms with Gasteiger partial charge in [-0.2, -0.15) is 0 Å². The molecule has 226 valence electrons. The summed E-state index contributed by atoms with van der Waals surface area (Å²) in [5.41, 5.74) is 2.99. The van der Waals surface area contributed by atoms with Gasteiger partial charge in [0.1, 0.15) is 11.9 Å². The Morgan fingerprint density at radius 2 is 1.52 bits per heavy atom. The molecular formula is C33H42FN3O4S. The molecule has 0 saturated heterocycles. The molecule has 0 unspecified atom stereocenters. The predicted molar refractivity (Wildman–Crippen MR) is 166 cm³/mol. The van der Waals surface area contributed by atoms with Crippen LogP contribution in [0.5, 0.6) is 0 Å². The maximum Gasteiger partial charge on any atom is 0.243 e. The number of nitrogens with zero attached hydrogens (tertiary/aromatic N) is 2. The Labute approximate surface area is 249 Å². The first kappa shape index (κ1) is 32.8. The molecule has 0 fully saturated rings. The van der Waals surface area contributed by atoms with Gasteiger partial charge in [-0.3, -0.25) is 13.9 Å². The molecule has 0 saturated carbocycles. The second kappa shape index (κ2) is 14.0. The van der Waals surface area contributed by atoms with Crippen molar-refractivity contribution in [3.05, 3.63) is 101 Å². The molecule has 3 aromatic carbocycles. The number of anilines is 1. The molecular weight excluding hydrogens is 553 g/mol. The number of nitrogens with one attached hydrogen (secondary N) is 1. The molecule has 7 nitrogen and oxygen atoms in total. The number of benzene rings is 3. The third-order valence-corrected chi connectivity index (χ3v) is 7.91. The van der Waals surface area contributed by atoms with Gasteiger partial charge < -0.3 is 10.2 Å². The fourth-order valence-corrected chi connectivity index (χ4v) is 5.86. The van der Waals surface area contributed by atoms with Crippen LogP contribution in [-0.4, -0.2) is 49.5 Å². The van der Waals surface area contributed by atoms with Crippen LogP contribution in [0.1, 0.15) is 55.9 Å². The van der Waals surface area contributed by atoms with Crippen LogP contribution in [-0.2, 0) is 32.6 Å². The lowest BCUT2D eigenvalue weighted by Crippen LogP contribution is -2.54. The molecule has 1 N–H and O–H groups in total. The van der Waals surface area contributed by atoms with Gasteiger partial charge in [-0.15, -0.1) is 0 Å². The smallest absolute Gasteiger partial charge is 0.243 e. The maximum absolute atomic E-state index is 14.8. The fraction of sp³-hybridized carbons (Fsp3) is 0.394. The molecule has 9 heteroatoms. The minimum atomic E-state index is -3.62. The van der Waals surface area contributed by atoms with Gasteiger partial charge in [-0.25, -0.2) is 12.8 Å². The number of rotatable bonds is 12. The number of hydrogen-bond donors (Lipinski definition) is 1. The molecule has 0 aliphatic rings. The molecule has 42 heavy (non-hydrogen) atoms. The summed E-state index contributed by atoms with van der Waals surface area (Å²) in [5, 5.41) is 2.99. The van der Waals surface area contributed by atoms with E-state index in [0.717, 1.165) is 22.9 Å². The van der Waals surface area contributed by atoms with Gasteiger partial charge >= 0.3 is 0 Å². The van der Waals surface area contributed by atoms with Crippen molar-refractivity contribution in [2.24, 2.45) is 0 Å². The van der Waals surface area contributed by atoms with E-state index in [1.54, 1.807) is 30.3 Å². The van der Waals surface area contributed by atoms with Gasteiger partial charge in [-0.1, -0.05) is 54.6 Å². The summed E-state index contributed by atoms with van der Waals surface area (Å²) in [7, 11) is -3.62. The van der Waals surface area contributed by atoms with Crippen molar-refractivity contribution in [3.8, 4) is 0 Å². The highest BCUT2D eigenvalue weighted by Crippen LogP contribution is 2.23. The summed E-state index contributed by atoms with van der Waals surface area (Å²) < 4.78 is 41.5. The minimum absolute atomic E-state index is 0.0284. The average molecular weight is 596 g/mol. The van der Waals surface area contributed by atoms with Crippen molar-refractivity contribution in [2.75, 3.05) is 17.1 Å². The van der Waals surface area contributed by atoms with Crippen LogP contribution in [0.15, 0.2) is 72.8 Å². The van der Waals surface area contributed by atoms with E-state index < -0.39 is 27.4 Å². The number of halogens is 1. The van der Waals surface area contributed by atoms with E-state index in [-0.39, 0.29) is 44.2 Å². The first-order valence-electron chi connectivity index (χ1n) is 14.1. The quantitative estimate of drug-likeness (QED) is 0.298. The lowest BCUT2D eigenvalue weighted by atomic mass is 10.00. The summed E-state index contributed by atoms with van der Waals surface area (Å²) in [6.45, 7) is 9.36. The predicted octanol–water partition coefficient (Wildman–Crippen LogP) is 5.54. The molecule has 0 radical (unpaired) electrons. The SMILES string of the molecule is Cc1cc(C)cc(N(CCCC(=O)N(Cc2ccccc2F)[C@H](Cc2ccccc2)C(=O)NC(C)(C)C)S(C)(=O)=O)c1. The van der Waals surface area contributed by atoms with Crippen LogP contribution in [0.4, 0.5) is 10.1 Å². The van der Waals surface area contributed by atoms with Gasteiger partial charge in [-0.05, 0) is 75.9 Å². The van der Waals surface area contributed by atoms with Gasteiger partial charge in [0.25, 0.3) is 0 Å². The Morgan fingerprint density at radius 3 is 2.10 bits per heavy atom. The third-order valence-electron chi connectivity index (χ3n) is 6.71. The molecule has 0 heterocycles. The summed E-state index contributed by atoms with van der Waals surface area (Å²) in [4.78, 5) is 29.0. The largest absolute Gasteiger partial charge is 0.350 e. The van der Waals surface area contributed by atoms with Crippen molar-refractivity contribution >= 4 is 27.5 Å². The van der Waals surface area contributed by atoms with E-state index in [9.17, 15) is 22.4 Å². The summed E-state index contributed by atoms with van der Waals surface area (Å²) in [6.07, 6.45) is 1.57. The summed E-state index contributed by atoms with van der Waals surface area (Å²) >= 11 is 0. The molecule has 0 bridgehead atoms. The molecule has 0 aromatic heterocycles. The highest BCUT2D eigenvalue weighted by Gasteiger charge is 2.32. The summed E-state index contributed by atoms with van der Waals surface area (Å²) in [6, 6.07) is 20.2. The van der Waals surface area contributed by atoms with Crippen LogP contribution in [0, 0.1) is 19.7 Å². The normalized spacial score (nSPS) is 12.5. The average Bonchev–Trinajstić information content (AvgIpc) is 2.87.